The minimum Gasteiger partial charge on any atom is -0.481 e. The van der Waals surface area contributed by atoms with Crippen LogP contribution in [-0.4, -0.2) is 43.8 Å². The molecule has 0 aromatic rings. The summed E-state index contributed by atoms with van der Waals surface area (Å²) in [4.78, 5) is 11.2. The summed E-state index contributed by atoms with van der Waals surface area (Å²) < 4.78 is 0. The van der Waals surface area contributed by atoms with E-state index in [9.17, 15) is 15.0 Å². The van der Waals surface area contributed by atoms with Gasteiger partial charge in [0.25, 0.3) is 0 Å². The maximum Gasteiger partial charge on any atom is 0.309 e. The van der Waals surface area contributed by atoms with E-state index in [1.807, 2.05) is 13.8 Å². The average molecular weight is 499 g/mol. The van der Waals surface area contributed by atoms with Crippen molar-refractivity contribution in [1.82, 2.24) is 0 Å². The Hall–Kier alpha value is -0.130. The molecule has 192 valence electrons. The Bertz CT molecular complexity index is 606. The van der Waals surface area contributed by atoms with Crippen molar-refractivity contribution in [2.24, 2.45) is 10.8 Å². The van der Waals surface area contributed by atoms with E-state index in [2.05, 4.69) is 49.5 Å². The Morgan fingerprint density at radius 3 is 1.82 bits per heavy atom. The van der Waals surface area contributed by atoms with Gasteiger partial charge in [-0.25, -0.2) is 0 Å². The van der Waals surface area contributed by atoms with Crippen LogP contribution in [0.3, 0.4) is 0 Å². The van der Waals surface area contributed by atoms with Gasteiger partial charge in [0.15, 0.2) is 0 Å². The Labute approximate surface area is 212 Å². The summed E-state index contributed by atoms with van der Waals surface area (Å²) in [7, 11) is 0. The monoisotopic (exact) mass is 498 g/mol. The lowest BCUT2D eigenvalue weighted by molar-refractivity contribution is -0.147. The molecule has 2 aliphatic heterocycles. The Morgan fingerprint density at radius 1 is 0.848 bits per heavy atom. The Morgan fingerprint density at radius 2 is 1.36 bits per heavy atom. The first-order chi connectivity index (χ1) is 15.7. The number of hydrogen-bond acceptors (Lipinski definition) is 4. The topological polar surface area (TPSA) is 57.5 Å². The van der Waals surface area contributed by atoms with Gasteiger partial charge < -0.3 is 10.2 Å². The van der Waals surface area contributed by atoms with Crippen molar-refractivity contribution in [3.05, 3.63) is 12.2 Å². The lowest BCUT2D eigenvalue weighted by Crippen LogP contribution is -2.23. The van der Waals surface area contributed by atoms with Crippen molar-refractivity contribution in [3.63, 3.8) is 0 Å². The zero-order valence-electron chi connectivity index (χ0n) is 21.7. The van der Waals surface area contributed by atoms with Crippen LogP contribution in [-0.2, 0) is 4.79 Å². The van der Waals surface area contributed by atoms with E-state index in [4.69, 9.17) is 0 Å². The van der Waals surface area contributed by atoms with E-state index in [1.54, 1.807) is 0 Å². The molecular formula is C28H50O3S2. The van der Waals surface area contributed by atoms with Crippen LogP contribution < -0.4 is 0 Å². The molecule has 2 fully saturated rings. The predicted molar refractivity (Wildman–Crippen MR) is 146 cm³/mol. The minimum absolute atomic E-state index is 0.134. The van der Waals surface area contributed by atoms with Gasteiger partial charge in [-0.15, -0.1) is 0 Å². The molecule has 0 amide bonds. The molecule has 0 saturated carbocycles. The molecule has 5 heteroatoms. The number of carboxylic acids is 1. The van der Waals surface area contributed by atoms with Gasteiger partial charge in [-0.3, -0.25) is 4.79 Å². The summed E-state index contributed by atoms with van der Waals surface area (Å²) >= 11 is 4.35. The zero-order valence-corrected chi connectivity index (χ0v) is 23.3. The first kappa shape index (κ1) is 29.1. The number of carbonyl (C=O) groups is 1. The smallest absolute Gasteiger partial charge is 0.309 e. The molecule has 0 aliphatic carbocycles. The molecule has 0 radical (unpaired) electrons. The van der Waals surface area contributed by atoms with Crippen molar-refractivity contribution >= 4 is 29.5 Å². The number of carboxylic acid groups (broad SMARTS) is 1. The van der Waals surface area contributed by atoms with Gasteiger partial charge in [0.1, 0.15) is 0 Å². The van der Waals surface area contributed by atoms with Gasteiger partial charge in [0.05, 0.1) is 5.41 Å². The summed E-state index contributed by atoms with van der Waals surface area (Å²) in [6, 6.07) is 0. The maximum absolute atomic E-state index is 11.2. The summed E-state index contributed by atoms with van der Waals surface area (Å²) in [5.74, 6) is -0.674. The van der Waals surface area contributed by atoms with Crippen LogP contribution in [0.5, 0.6) is 0 Å². The average Bonchev–Trinajstić information content (AvgIpc) is 3.42. The van der Waals surface area contributed by atoms with Crippen molar-refractivity contribution in [1.29, 1.82) is 0 Å². The summed E-state index contributed by atoms with van der Waals surface area (Å²) in [6.45, 7) is 8.47. The Balaban J connectivity index is 1.57. The zero-order chi connectivity index (χ0) is 24.3. The van der Waals surface area contributed by atoms with Gasteiger partial charge in [0, 0.05) is 27.6 Å². The minimum atomic E-state index is -0.674. The molecule has 5 unspecified atom stereocenters. The number of hydrogen-bond donors (Lipinski definition) is 2. The molecule has 3 nitrogen and oxygen atoms in total. The van der Waals surface area contributed by atoms with Crippen LogP contribution in [0.2, 0.25) is 0 Å². The van der Waals surface area contributed by atoms with Crippen molar-refractivity contribution in [2.75, 3.05) is 6.61 Å². The van der Waals surface area contributed by atoms with Crippen LogP contribution in [0.1, 0.15) is 118 Å². The highest BCUT2D eigenvalue weighted by Crippen LogP contribution is 2.41. The second kappa shape index (κ2) is 14.4. The van der Waals surface area contributed by atoms with Gasteiger partial charge in [-0.05, 0) is 77.0 Å². The summed E-state index contributed by atoms with van der Waals surface area (Å²) in [5.41, 5.74) is -0.450. The molecule has 2 aliphatic rings. The van der Waals surface area contributed by atoms with E-state index in [1.165, 1.54) is 51.4 Å². The first-order valence-electron chi connectivity index (χ1n) is 13.5. The van der Waals surface area contributed by atoms with Gasteiger partial charge in [0.2, 0.25) is 0 Å². The lowest BCUT2D eigenvalue weighted by atomic mass is 9.81. The molecule has 2 saturated heterocycles. The highest BCUT2D eigenvalue weighted by molar-refractivity contribution is 8.01. The lowest BCUT2D eigenvalue weighted by Gasteiger charge is -2.26. The number of aliphatic hydroxyl groups excluding tert-OH is 1. The molecule has 2 N–H and O–H groups in total. The van der Waals surface area contributed by atoms with E-state index >= 15 is 0 Å². The summed E-state index contributed by atoms with van der Waals surface area (Å²) in [5, 5.41) is 21.9. The second-order valence-corrected chi connectivity index (χ2v) is 14.6. The third kappa shape index (κ3) is 10.6. The predicted octanol–water partition coefficient (Wildman–Crippen LogP) is 8.10. The highest BCUT2D eigenvalue weighted by atomic mass is 32.2. The van der Waals surface area contributed by atoms with Crippen molar-refractivity contribution in [3.8, 4) is 0 Å². The second-order valence-electron chi connectivity index (χ2n) is 11.5. The largest absolute Gasteiger partial charge is 0.481 e. The fourth-order valence-corrected chi connectivity index (χ4v) is 8.32. The number of rotatable bonds is 16. The van der Waals surface area contributed by atoms with Crippen LogP contribution in [0.25, 0.3) is 0 Å². The molecule has 0 bridgehead atoms. The van der Waals surface area contributed by atoms with Gasteiger partial charge >= 0.3 is 5.97 Å². The molecular weight excluding hydrogens is 448 g/mol. The summed E-state index contributed by atoms with van der Waals surface area (Å²) in [6.07, 6.45) is 21.8. The van der Waals surface area contributed by atoms with Crippen LogP contribution in [0.15, 0.2) is 12.2 Å². The van der Waals surface area contributed by atoms with Gasteiger partial charge in [-0.1, -0.05) is 58.1 Å². The maximum atomic E-state index is 11.2. The SMILES string of the molecule is CCCC(C)(CO)CCCCC1CCC(/C=C\C2CCC(CCCCC(C)(C)C(=O)O)S2)S1. The van der Waals surface area contributed by atoms with Crippen LogP contribution in [0.4, 0.5) is 0 Å². The first-order valence-corrected chi connectivity index (χ1v) is 15.4. The fourth-order valence-electron chi connectivity index (χ4n) is 5.28. The quantitative estimate of drug-likeness (QED) is 0.166. The standard InChI is InChI=1S/C28H50O3S2/c1-5-18-28(4,21-29)20-9-7-11-23-13-15-25(33-23)17-16-24-14-12-22(32-24)10-6-8-19-27(2,3)26(30)31/h16-17,22-25,29H,5-15,18-21H2,1-4H3,(H,30,31)/b17-16-. The Kier molecular flexibility index (Phi) is 12.7. The molecule has 2 rings (SSSR count). The van der Waals surface area contributed by atoms with E-state index in [-0.39, 0.29) is 5.41 Å². The van der Waals surface area contributed by atoms with E-state index < -0.39 is 11.4 Å². The highest BCUT2D eigenvalue weighted by Gasteiger charge is 2.28. The van der Waals surface area contributed by atoms with Crippen molar-refractivity contribution in [2.45, 2.75) is 139 Å². The molecule has 2 heterocycles. The molecule has 0 aromatic heterocycles. The normalized spacial score (nSPS) is 27.9. The van der Waals surface area contributed by atoms with Gasteiger partial charge in [-0.2, -0.15) is 23.5 Å². The van der Waals surface area contributed by atoms with Crippen LogP contribution >= 0.6 is 23.5 Å². The fraction of sp³-hybridized carbons (Fsp3) is 0.893. The number of thioether (sulfide) groups is 2. The van der Waals surface area contributed by atoms with E-state index in [0.29, 0.717) is 17.1 Å². The van der Waals surface area contributed by atoms with E-state index in [0.717, 1.165) is 49.0 Å². The molecule has 5 atom stereocenters. The molecule has 0 aromatic carbocycles. The van der Waals surface area contributed by atoms with Crippen molar-refractivity contribution < 1.29 is 15.0 Å². The number of aliphatic hydroxyl groups is 1. The van der Waals surface area contributed by atoms with Crippen LogP contribution in [0, 0.1) is 10.8 Å². The third-order valence-corrected chi connectivity index (χ3v) is 11.0. The molecule has 33 heavy (non-hydrogen) atoms. The molecule has 0 spiro atoms. The third-order valence-electron chi connectivity index (χ3n) is 7.77. The number of unbranched alkanes of at least 4 members (excludes halogenated alkanes) is 2. The number of aliphatic carboxylic acids is 1.